The molecule has 2 N–H and O–H groups in total. The van der Waals surface area contributed by atoms with Crippen molar-refractivity contribution < 1.29 is 0 Å². The molecule has 0 amide bonds. The predicted molar refractivity (Wildman–Crippen MR) is 70.0 cm³/mol. The highest BCUT2D eigenvalue weighted by Crippen LogP contribution is 2.37. The summed E-state index contributed by atoms with van der Waals surface area (Å²) in [5.41, 5.74) is 8.11. The third kappa shape index (κ3) is 2.33. The van der Waals surface area contributed by atoms with Crippen molar-refractivity contribution in [2.24, 2.45) is 5.73 Å². The summed E-state index contributed by atoms with van der Waals surface area (Å²) in [7, 11) is 0. The van der Waals surface area contributed by atoms with E-state index in [2.05, 4.69) is 17.9 Å². The van der Waals surface area contributed by atoms with Crippen molar-refractivity contribution in [2.75, 3.05) is 11.4 Å². The minimum atomic E-state index is 0.558. The second-order valence-corrected chi connectivity index (χ2v) is 4.78. The average Bonchev–Trinajstić information content (AvgIpc) is 3.10. The van der Waals surface area contributed by atoms with Gasteiger partial charge in [0.05, 0.1) is 10.7 Å². The Morgan fingerprint density at radius 3 is 2.75 bits per heavy atom. The lowest BCUT2D eigenvalue weighted by Crippen LogP contribution is -2.28. The highest BCUT2D eigenvalue weighted by atomic mass is 35.5. The topological polar surface area (TPSA) is 29.3 Å². The molecule has 88 valence electrons. The smallest absolute Gasteiger partial charge is 0.0643 e. The Labute approximate surface area is 102 Å². The van der Waals surface area contributed by atoms with E-state index in [4.69, 9.17) is 17.3 Å². The van der Waals surface area contributed by atoms with E-state index in [0.717, 1.165) is 29.2 Å². The van der Waals surface area contributed by atoms with Gasteiger partial charge in [0.2, 0.25) is 0 Å². The van der Waals surface area contributed by atoms with Gasteiger partial charge in [0.1, 0.15) is 0 Å². The number of rotatable bonds is 5. The summed E-state index contributed by atoms with van der Waals surface area (Å²) in [4.78, 5) is 2.44. The maximum Gasteiger partial charge on any atom is 0.0643 e. The van der Waals surface area contributed by atoms with Gasteiger partial charge < -0.3 is 10.6 Å². The number of hydrogen-bond acceptors (Lipinski definition) is 2. The number of nitrogens with two attached hydrogens (primary N) is 1. The highest BCUT2D eigenvalue weighted by molar-refractivity contribution is 6.33. The van der Waals surface area contributed by atoms with E-state index in [-0.39, 0.29) is 0 Å². The number of para-hydroxylation sites is 1. The van der Waals surface area contributed by atoms with Crippen molar-refractivity contribution in [2.45, 2.75) is 38.8 Å². The molecule has 1 aromatic carbocycles. The molecule has 0 atom stereocenters. The van der Waals surface area contributed by atoms with E-state index < -0.39 is 0 Å². The minimum absolute atomic E-state index is 0.558. The van der Waals surface area contributed by atoms with Gasteiger partial charge in [-0.15, -0.1) is 0 Å². The number of halogens is 1. The Morgan fingerprint density at radius 1 is 1.44 bits per heavy atom. The molecule has 0 heterocycles. The monoisotopic (exact) mass is 238 g/mol. The second kappa shape index (κ2) is 5.07. The maximum atomic E-state index is 6.31. The first-order valence-corrected chi connectivity index (χ1v) is 6.39. The Morgan fingerprint density at radius 2 is 2.19 bits per heavy atom. The van der Waals surface area contributed by atoms with Crippen LogP contribution in [0.5, 0.6) is 0 Å². The normalized spacial score (nSPS) is 15.2. The molecule has 0 bridgehead atoms. The molecule has 16 heavy (non-hydrogen) atoms. The van der Waals surface area contributed by atoms with Crippen molar-refractivity contribution in [3.05, 3.63) is 28.8 Å². The molecule has 1 saturated carbocycles. The van der Waals surface area contributed by atoms with Crippen LogP contribution in [-0.2, 0) is 6.54 Å². The van der Waals surface area contributed by atoms with E-state index in [9.17, 15) is 0 Å². The molecule has 1 aromatic rings. The third-order valence-electron chi connectivity index (χ3n) is 3.03. The van der Waals surface area contributed by atoms with Crippen LogP contribution in [0.1, 0.15) is 31.7 Å². The number of nitrogens with zero attached hydrogens (tertiary/aromatic N) is 1. The molecule has 0 aliphatic heterocycles. The van der Waals surface area contributed by atoms with Crippen molar-refractivity contribution in [3.63, 3.8) is 0 Å². The third-order valence-corrected chi connectivity index (χ3v) is 3.33. The zero-order valence-electron chi connectivity index (χ0n) is 9.75. The van der Waals surface area contributed by atoms with Crippen molar-refractivity contribution >= 4 is 17.3 Å². The van der Waals surface area contributed by atoms with E-state index in [0.29, 0.717) is 12.6 Å². The van der Waals surface area contributed by atoms with Crippen LogP contribution >= 0.6 is 11.6 Å². The molecule has 0 unspecified atom stereocenters. The predicted octanol–water partition coefficient (Wildman–Crippen LogP) is 3.18. The molecular weight excluding hydrogens is 220 g/mol. The van der Waals surface area contributed by atoms with Crippen LogP contribution in [0.2, 0.25) is 5.02 Å². The van der Waals surface area contributed by atoms with Crippen LogP contribution in [0.4, 0.5) is 5.69 Å². The maximum absolute atomic E-state index is 6.31. The fraction of sp³-hybridized carbons (Fsp3) is 0.538. The van der Waals surface area contributed by atoms with Crippen molar-refractivity contribution in [1.29, 1.82) is 0 Å². The van der Waals surface area contributed by atoms with Crippen molar-refractivity contribution in [1.82, 2.24) is 0 Å². The molecular formula is C13H19ClN2. The largest absolute Gasteiger partial charge is 0.367 e. The standard InChI is InChI=1S/C13H19ClN2/c1-2-8-16(11-6-7-11)13-10(9-15)4-3-5-12(13)14/h3-5,11H,2,6-9,15H2,1H3. The Bertz CT molecular complexity index is 361. The van der Waals surface area contributed by atoms with Gasteiger partial charge in [-0.05, 0) is 30.9 Å². The SMILES string of the molecule is CCCN(c1c(Cl)cccc1CN)C1CC1. The summed E-state index contributed by atoms with van der Waals surface area (Å²) in [5, 5.41) is 0.836. The molecule has 1 aliphatic rings. The van der Waals surface area contributed by atoms with Gasteiger partial charge in [0.15, 0.2) is 0 Å². The molecule has 0 spiro atoms. The summed E-state index contributed by atoms with van der Waals surface area (Å²) in [5.74, 6) is 0. The molecule has 0 radical (unpaired) electrons. The summed E-state index contributed by atoms with van der Waals surface area (Å²) in [6.07, 6.45) is 3.72. The van der Waals surface area contributed by atoms with Crippen LogP contribution in [0.3, 0.4) is 0 Å². The highest BCUT2D eigenvalue weighted by Gasteiger charge is 2.30. The number of anilines is 1. The second-order valence-electron chi connectivity index (χ2n) is 4.38. The first-order chi connectivity index (χ1) is 7.77. The van der Waals surface area contributed by atoms with Gasteiger partial charge in [-0.1, -0.05) is 30.7 Å². The molecule has 0 aromatic heterocycles. The zero-order valence-corrected chi connectivity index (χ0v) is 10.5. The van der Waals surface area contributed by atoms with Gasteiger partial charge in [-0.3, -0.25) is 0 Å². The van der Waals surface area contributed by atoms with E-state index in [1.807, 2.05) is 12.1 Å². The Kier molecular flexibility index (Phi) is 3.72. The first kappa shape index (κ1) is 11.7. The van der Waals surface area contributed by atoms with Gasteiger partial charge >= 0.3 is 0 Å². The van der Waals surface area contributed by atoms with Gasteiger partial charge in [-0.2, -0.15) is 0 Å². The van der Waals surface area contributed by atoms with Crippen LogP contribution in [0, 0.1) is 0 Å². The van der Waals surface area contributed by atoms with Gasteiger partial charge in [-0.25, -0.2) is 0 Å². The van der Waals surface area contributed by atoms with Gasteiger partial charge in [0, 0.05) is 19.1 Å². The first-order valence-electron chi connectivity index (χ1n) is 6.02. The lowest BCUT2D eigenvalue weighted by molar-refractivity contribution is 0.757. The zero-order chi connectivity index (χ0) is 11.5. The van der Waals surface area contributed by atoms with Crippen LogP contribution in [0.25, 0.3) is 0 Å². The summed E-state index contributed by atoms with van der Waals surface area (Å²) in [6, 6.07) is 6.70. The fourth-order valence-corrected chi connectivity index (χ4v) is 2.45. The minimum Gasteiger partial charge on any atom is -0.367 e. The Balaban J connectivity index is 2.34. The van der Waals surface area contributed by atoms with Crippen LogP contribution in [0.15, 0.2) is 18.2 Å². The summed E-state index contributed by atoms with van der Waals surface area (Å²) < 4.78 is 0. The molecule has 3 heteroatoms. The van der Waals surface area contributed by atoms with E-state index in [1.54, 1.807) is 0 Å². The van der Waals surface area contributed by atoms with E-state index in [1.165, 1.54) is 12.8 Å². The fourth-order valence-electron chi connectivity index (χ4n) is 2.15. The Hall–Kier alpha value is -0.730. The molecule has 0 saturated heterocycles. The molecule has 2 nitrogen and oxygen atoms in total. The van der Waals surface area contributed by atoms with Crippen molar-refractivity contribution in [3.8, 4) is 0 Å². The van der Waals surface area contributed by atoms with E-state index >= 15 is 0 Å². The molecule has 1 aliphatic carbocycles. The quantitative estimate of drug-likeness (QED) is 0.854. The average molecular weight is 239 g/mol. The number of hydrogen-bond donors (Lipinski definition) is 1. The molecule has 2 rings (SSSR count). The van der Waals surface area contributed by atoms with Crippen LogP contribution < -0.4 is 10.6 Å². The van der Waals surface area contributed by atoms with Gasteiger partial charge in [0.25, 0.3) is 0 Å². The lowest BCUT2D eigenvalue weighted by Gasteiger charge is -2.27. The summed E-state index contributed by atoms with van der Waals surface area (Å²) >= 11 is 6.31. The van der Waals surface area contributed by atoms with Crippen LogP contribution in [-0.4, -0.2) is 12.6 Å². The lowest BCUT2D eigenvalue weighted by atomic mass is 10.1. The molecule has 1 fully saturated rings. The summed E-state index contributed by atoms with van der Waals surface area (Å²) in [6.45, 7) is 3.83. The number of benzene rings is 1.